The molecule has 6 aromatic heterocycles. The number of nitrogens with zero attached hydrogens (tertiary/aromatic N) is 11. The Balaban J connectivity index is 0.000000144. The van der Waals surface area contributed by atoms with Crippen LogP contribution in [0.2, 0.25) is 0 Å². The quantitative estimate of drug-likeness (QED) is 0.139. The molecule has 75 heavy (non-hydrogen) atoms. The van der Waals surface area contributed by atoms with E-state index in [1.807, 2.05) is 98.5 Å². The van der Waals surface area contributed by atoms with Crippen LogP contribution in [0.15, 0.2) is 130 Å². The first kappa shape index (κ1) is 46.9. The highest BCUT2D eigenvalue weighted by molar-refractivity contribution is 5.96. The molecular formula is C59H56F2N12O2. The normalized spacial score (nSPS) is 21.5. The SMILES string of the molecule is Cc1cc(-c2n[nH]c3ccc(-c4nnc(C5CCC6CCC5N6Cc5ccccc5F)o4)cc23)ccn1.Cc1cc(-c2nn(C)c3ccc(-c4nnc(C5CCC6CCC5N6Cc5ccccc5F)o4)cc23)ccn1. The molecule has 6 unspecified atom stereocenters. The molecule has 6 atom stereocenters. The lowest BCUT2D eigenvalue weighted by molar-refractivity contribution is 0.102. The minimum Gasteiger partial charge on any atom is -0.420 e. The number of aryl methyl sites for hydroxylation is 3. The predicted molar refractivity (Wildman–Crippen MR) is 281 cm³/mol. The number of benzene rings is 4. The maximum absolute atomic E-state index is 14.4. The number of rotatable bonds is 10. The van der Waals surface area contributed by atoms with Crippen LogP contribution in [-0.4, -0.2) is 84.3 Å². The molecule has 10 aromatic rings. The van der Waals surface area contributed by atoms with Crippen LogP contribution < -0.4 is 0 Å². The van der Waals surface area contributed by atoms with Crippen molar-refractivity contribution in [2.24, 2.45) is 7.05 Å². The Bertz CT molecular complexity index is 3710. The summed E-state index contributed by atoms with van der Waals surface area (Å²) in [5.74, 6) is 2.41. The highest BCUT2D eigenvalue weighted by Gasteiger charge is 2.46. The number of aromatic nitrogens is 10. The Morgan fingerprint density at radius 3 is 1.63 bits per heavy atom. The number of fused-ring (bicyclic) bond motifs is 6. The van der Waals surface area contributed by atoms with Gasteiger partial charge in [0.05, 0.1) is 22.9 Å². The van der Waals surface area contributed by atoms with Gasteiger partial charge in [-0.25, -0.2) is 8.78 Å². The highest BCUT2D eigenvalue weighted by Crippen LogP contribution is 2.47. The number of halogens is 2. The number of piperidine rings is 2. The predicted octanol–water partition coefficient (Wildman–Crippen LogP) is 12.1. The molecule has 0 aliphatic carbocycles. The molecule has 0 saturated carbocycles. The van der Waals surface area contributed by atoms with E-state index in [0.29, 0.717) is 48.7 Å². The molecule has 4 aromatic carbocycles. The molecule has 10 heterocycles. The second kappa shape index (κ2) is 19.5. The summed E-state index contributed by atoms with van der Waals surface area (Å²) in [6.45, 7) is 5.19. The lowest BCUT2D eigenvalue weighted by Gasteiger charge is -2.38. The zero-order valence-electron chi connectivity index (χ0n) is 42.1. The standard InChI is InChI=1S/C30H29FN6O.C29H27FN6O/c1-18-15-19(13-14-32-18)28-24-16-20(7-11-26(24)36(2)35-28)29-33-34-30(38-29)23-10-8-22-9-12-27(23)37(22)17-21-5-3-4-6-25(21)31;1-17-14-18(12-13-31-17)27-23-15-19(6-10-25(23)32-33-27)28-34-35-29(37-28)22-9-7-21-8-11-26(22)36(21)16-20-4-2-3-5-24(20)30/h3-7,11,13-16,22-23,27H,8-10,12,17H2,1-2H3;2-6,10,12-15,21-22,26H,7-9,11,16H2,1H3,(H,32,33). The molecule has 0 spiro atoms. The molecule has 4 aliphatic rings. The topological polar surface area (TPSA) is 157 Å². The summed E-state index contributed by atoms with van der Waals surface area (Å²) in [5, 5.41) is 32.4. The second-order valence-electron chi connectivity index (χ2n) is 20.8. The smallest absolute Gasteiger partial charge is 0.247 e. The van der Waals surface area contributed by atoms with Crippen molar-refractivity contribution in [2.75, 3.05) is 0 Å². The molecule has 14 nitrogen and oxygen atoms in total. The minimum atomic E-state index is -0.139. The molecular weight excluding hydrogens is 947 g/mol. The molecule has 4 fully saturated rings. The maximum Gasteiger partial charge on any atom is 0.247 e. The van der Waals surface area contributed by atoms with Crippen LogP contribution in [0.25, 0.3) is 67.2 Å². The van der Waals surface area contributed by atoms with Gasteiger partial charge in [0, 0.05) is 112 Å². The summed E-state index contributed by atoms with van der Waals surface area (Å²) in [5.41, 5.74) is 10.9. The molecule has 4 saturated heterocycles. The van der Waals surface area contributed by atoms with E-state index in [-0.39, 0.29) is 35.6 Å². The Labute approximate surface area is 432 Å². The van der Waals surface area contributed by atoms with Crippen LogP contribution in [0.4, 0.5) is 8.78 Å². The molecule has 4 aliphatic heterocycles. The van der Waals surface area contributed by atoms with E-state index in [2.05, 4.69) is 68.6 Å². The van der Waals surface area contributed by atoms with E-state index >= 15 is 0 Å². The van der Waals surface area contributed by atoms with Crippen molar-refractivity contribution >= 4 is 21.8 Å². The van der Waals surface area contributed by atoms with Crippen LogP contribution in [-0.2, 0) is 20.1 Å². The third-order valence-electron chi connectivity index (χ3n) is 16.3. The van der Waals surface area contributed by atoms with Crippen molar-refractivity contribution in [1.29, 1.82) is 0 Å². The Morgan fingerprint density at radius 2 is 1.07 bits per heavy atom. The van der Waals surface area contributed by atoms with Crippen LogP contribution >= 0.6 is 0 Å². The van der Waals surface area contributed by atoms with Gasteiger partial charge in [-0.15, -0.1) is 20.4 Å². The van der Waals surface area contributed by atoms with E-state index in [9.17, 15) is 8.78 Å². The van der Waals surface area contributed by atoms with E-state index in [1.165, 1.54) is 0 Å². The van der Waals surface area contributed by atoms with E-state index in [4.69, 9.17) is 13.9 Å². The van der Waals surface area contributed by atoms with Crippen molar-refractivity contribution in [3.05, 3.63) is 168 Å². The third kappa shape index (κ3) is 8.88. The summed E-state index contributed by atoms with van der Waals surface area (Å²) >= 11 is 0. The lowest BCUT2D eigenvalue weighted by atomic mass is 9.89. The first-order chi connectivity index (χ1) is 36.7. The zero-order valence-corrected chi connectivity index (χ0v) is 42.1. The maximum atomic E-state index is 14.4. The highest BCUT2D eigenvalue weighted by atomic mass is 19.1. The Hall–Kier alpha value is -7.82. The third-order valence-corrected chi connectivity index (χ3v) is 16.3. The minimum absolute atomic E-state index is 0.138. The lowest BCUT2D eigenvalue weighted by Crippen LogP contribution is -2.43. The molecule has 4 bridgehead atoms. The monoisotopic (exact) mass is 1000 g/mol. The van der Waals surface area contributed by atoms with Crippen molar-refractivity contribution < 1.29 is 17.6 Å². The molecule has 16 heteroatoms. The van der Waals surface area contributed by atoms with E-state index in [0.717, 1.165) is 129 Å². The summed E-state index contributed by atoms with van der Waals surface area (Å²) in [6.07, 6.45) is 12.1. The van der Waals surface area contributed by atoms with Gasteiger partial charge in [-0.3, -0.25) is 29.5 Å². The number of hydrogen-bond donors (Lipinski definition) is 1. The number of aromatic amines is 1. The van der Waals surface area contributed by atoms with Gasteiger partial charge >= 0.3 is 0 Å². The summed E-state index contributed by atoms with van der Waals surface area (Å²) in [6, 6.07) is 35.9. The van der Waals surface area contributed by atoms with Gasteiger partial charge in [-0.05, 0) is 138 Å². The summed E-state index contributed by atoms with van der Waals surface area (Å²) < 4.78 is 43.4. The van der Waals surface area contributed by atoms with Gasteiger partial charge < -0.3 is 8.83 Å². The average Bonchev–Trinajstić information content (AvgIpc) is 4.31. The molecule has 0 amide bonds. The van der Waals surface area contributed by atoms with Crippen LogP contribution in [0.5, 0.6) is 0 Å². The number of nitrogens with one attached hydrogen (secondary N) is 1. The first-order valence-electron chi connectivity index (χ1n) is 26.2. The van der Waals surface area contributed by atoms with Crippen molar-refractivity contribution in [3.63, 3.8) is 0 Å². The Kier molecular flexibility index (Phi) is 12.2. The second-order valence-corrected chi connectivity index (χ2v) is 20.8. The van der Waals surface area contributed by atoms with Gasteiger partial charge in [0.15, 0.2) is 0 Å². The van der Waals surface area contributed by atoms with E-state index in [1.54, 1.807) is 30.5 Å². The van der Waals surface area contributed by atoms with Gasteiger partial charge in [0.25, 0.3) is 0 Å². The fraction of sp³-hybridized carbons (Fsp3) is 0.322. The average molecular weight is 1000 g/mol. The van der Waals surface area contributed by atoms with Crippen LogP contribution in [0.1, 0.15) is 97.5 Å². The van der Waals surface area contributed by atoms with Gasteiger partial charge in [-0.1, -0.05) is 36.4 Å². The number of H-pyrrole nitrogens is 1. The molecule has 0 radical (unpaired) electrons. The summed E-state index contributed by atoms with van der Waals surface area (Å²) in [7, 11) is 1.95. The van der Waals surface area contributed by atoms with Crippen molar-refractivity contribution in [1.82, 2.24) is 60.1 Å². The Morgan fingerprint density at radius 1 is 0.547 bits per heavy atom. The number of hydrogen-bond acceptors (Lipinski definition) is 12. The molecule has 378 valence electrons. The van der Waals surface area contributed by atoms with Crippen molar-refractivity contribution in [3.8, 4) is 45.4 Å². The number of pyridine rings is 2. The fourth-order valence-corrected chi connectivity index (χ4v) is 12.6. The first-order valence-corrected chi connectivity index (χ1v) is 26.2. The van der Waals surface area contributed by atoms with Gasteiger partial charge in [0.2, 0.25) is 23.6 Å². The largest absolute Gasteiger partial charge is 0.420 e. The van der Waals surface area contributed by atoms with Crippen LogP contribution in [0.3, 0.4) is 0 Å². The zero-order chi connectivity index (χ0) is 50.7. The van der Waals surface area contributed by atoms with Crippen molar-refractivity contribution in [2.45, 2.75) is 114 Å². The van der Waals surface area contributed by atoms with E-state index < -0.39 is 0 Å². The molecule has 14 rings (SSSR count). The van der Waals surface area contributed by atoms with Gasteiger partial charge in [0.1, 0.15) is 23.0 Å². The fourth-order valence-electron chi connectivity index (χ4n) is 12.6. The summed E-state index contributed by atoms with van der Waals surface area (Å²) in [4.78, 5) is 13.5. The van der Waals surface area contributed by atoms with Gasteiger partial charge in [-0.2, -0.15) is 10.2 Å². The molecule has 1 N–H and O–H groups in total. The van der Waals surface area contributed by atoms with Crippen LogP contribution in [0, 0.1) is 25.5 Å².